The number of nitrogens with one attached hydrogen (secondary N) is 1. The van der Waals surface area contributed by atoms with E-state index in [1.165, 1.54) is 81.2 Å². The molecule has 4 nitrogen and oxygen atoms in total. The zero-order chi connectivity index (χ0) is 29.5. The van der Waals surface area contributed by atoms with Crippen LogP contribution in [0.1, 0.15) is 131 Å². The van der Waals surface area contributed by atoms with Gasteiger partial charge >= 0.3 is 0 Å². The van der Waals surface area contributed by atoms with Gasteiger partial charge in [0, 0.05) is 18.2 Å². The molecule has 0 aliphatic rings. The molecule has 42 heavy (non-hydrogen) atoms. The van der Waals surface area contributed by atoms with Crippen LogP contribution >= 0.6 is 11.3 Å². The molecule has 0 bridgehead atoms. The fourth-order valence-electron chi connectivity index (χ4n) is 5.10. The van der Waals surface area contributed by atoms with Crippen molar-refractivity contribution in [1.82, 2.24) is 0 Å². The highest BCUT2D eigenvalue weighted by Crippen LogP contribution is 2.30. The van der Waals surface area contributed by atoms with Gasteiger partial charge in [0.05, 0.1) is 17.6 Å². The maximum absolute atomic E-state index is 13.4. The van der Waals surface area contributed by atoms with E-state index in [0.717, 1.165) is 24.2 Å². The van der Waals surface area contributed by atoms with Crippen molar-refractivity contribution in [3.05, 3.63) is 75.7 Å². The molecular weight excluding hydrogens is 604 g/mol. The number of hydrogen-bond acceptors (Lipinski definition) is 3. The highest BCUT2D eigenvalue weighted by atomic mass is 79.9. The first-order chi connectivity index (χ1) is 19.8. The van der Waals surface area contributed by atoms with Crippen LogP contribution in [0.5, 0.6) is 5.75 Å². The van der Waals surface area contributed by atoms with Crippen molar-refractivity contribution in [1.29, 1.82) is 0 Å². The van der Waals surface area contributed by atoms with Gasteiger partial charge in [-0.05, 0) is 41.7 Å². The molecule has 3 aromatic rings. The molecule has 0 saturated heterocycles. The van der Waals surface area contributed by atoms with E-state index in [2.05, 4.69) is 80.3 Å². The van der Waals surface area contributed by atoms with Crippen LogP contribution < -0.4 is 31.6 Å². The second kappa shape index (κ2) is 19.2. The lowest BCUT2D eigenvalue weighted by Crippen LogP contribution is -3.00. The van der Waals surface area contributed by atoms with Gasteiger partial charge in [-0.3, -0.25) is 4.79 Å². The van der Waals surface area contributed by atoms with Crippen molar-refractivity contribution in [2.24, 2.45) is 0 Å². The Hall–Kier alpha value is -2.18. The van der Waals surface area contributed by atoms with Crippen molar-refractivity contribution < 1.29 is 31.1 Å². The number of ether oxygens (including phenoxy) is 1. The molecule has 1 amide bonds. The summed E-state index contributed by atoms with van der Waals surface area (Å²) in [5, 5.41) is 6.47. The molecule has 2 aromatic carbocycles. The van der Waals surface area contributed by atoms with Crippen LogP contribution in [-0.4, -0.2) is 12.5 Å². The first-order valence-corrected chi connectivity index (χ1v) is 16.8. The number of nitrogens with zero attached hydrogens (tertiary/aromatic N) is 1. The lowest BCUT2D eigenvalue weighted by atomic mass is 9.86. The summed E-state index contributed by atoms with van der Waals surface area (Å²) in [7, 11) is 0. The summed E-state index contributed by atoms with van der Waals surface area (Å²) in [6.45, 7) is 12.4. The van der Waals surface area contributed by atoms with Crippen LogP contribution in [0, 0.1) is 6.92 Å². The second-order valence-electron chi connectivity index (χ2n) is 12.4. The molecule has 0 unspecified atom stereocenters. The fraction of sp³-hybridized carbons (Fsp3) is 0.556. The molecule has 232 valence electrons. The molecule has 0 aliphatic heterocycles. The maximum Gasteiger partial charge on any atom is 0.259 e. The molecule has 1 aromatic heterocycles. The summed E-state index contributed by atoms with van der Waals surface area (Å²) in [4.78, 5) is 13.4. The van der Waals surface area contributed by atoms with Crippen molar-refractivity contribution in [2.75, 3.05) is 11.9 Å². The Bertz CT molecular complexity index is 1200. The predicted molar refractivity (Wildman–Crippen MR) is 174 cm³/mol. The van der Waals surface area contributed by atoms with E-state index in [-0.39, 0.29) is 28.3 Å². The highest BCUT2D eigenvalue weighted by molar-refractivity contribution is 7.09. The van der Waals surface area contributed by atoms with Gasteiger partial charge in [0.1, 0.15) is 5.75 Å². The average molecular weight is 658 g/mol. The van der Waals surface area contributed by atoms with Crippen molar-refractivity contribution in [3.63, 3.8) is 0 Å². The Morgan fingerprint density at radius 3 is 2.12 bits per heavy atom. The lowest BCUT2D eigenvalue weighted by Gasteiger charge is -2.21. The Kier molecular flexibility index (Phi) is 16.4. The molecule has 1 N–H and O–H groups in total. The first-order valence-electron chi connectivity index (χ1n) is 15.9. The van der Waals surface area contributed by atoms with Gasteiger partial charge in [-0.1, -0.05) is 128 Å². The third-order valence-electron chi connectivity index (χ3n) is 7.77. The predicted octanol–water partition coefficient (Wildman–Crippen LogP) is 7.03. The van der Waals surface area contributed by atoms with E-state index in [0.29, 0.717) is 17.9 Å². The normalized spacial score (nSPS) is 11.3. The minimum atomic E-state index is -0.133. The van der Waals surface area contributed by atoms with E-state index in [4.69, 9.17) is 4.74 Å². The molecule has 0 radical (unpaired) electrons. The molecule has 0 atom stereocenters. The Balaban J connectivity index is 0.00000616. The van der Waals surface area contributed by atoms with Crippen LogP contribution in [-0.2, 0) is 12.0 Å². The molecular formula is C36H53BrN2O2S. The number of aromatic nitrogens is 1. The summed E-state index contributed by atoms with van der Waals surface area (Å²) in [5.74, 6) is 0.547. The van der Waals surface area contributed by atoms with E-state index in [1.807, 2.05) is 18.2 Å². The molecule has 3 rings (SSSR count). The molecule has 6 heteroatoms. The SMILES string of the molecule is CCCCCCCCCCCCCCOc1cc(C(C)(C)C)ccc1C(=O)Nc1cccc(C[n+]2ccsc2C)c1.[Br-]. The quantitative estimate of drug-likeness (QED) is 0.118. The van der Waals surface area contributed by atoms with Crippen LogP contribution in [0.25, 0.3) is 0 Å². The molecule has 0 spiro atoms. The minimum Gasteiger partial charge on any atom is -1.00 e. The third-order valence-corrected chi connectivity index (χ3v) is 8.60. The third kappa shape index (κ3) is 12.6. The average Bonchev–Trinajstić information content (AvgIpc) is 3.34. The number of unbranched alkanes of at least 4 members (excludes halogenated alkanes) is 11. The maximum atomic E-state index is 13.4. The van der Waals surface area contributed by atoms with Gasteiger partial charge in [0.2, 0.25) is 5.01 Å². The topological polar surface area (TPSA) is 42.2 Å². The van der Waals surface area contributed by atoms with Gasteiger partial charge in [-0.25, -0.2) is 0 Å². The Morgan fingerprint density at radius 1 is 0.881 bits per heavy atom. The summed E-state index contributed by atoms with van der Waals surface area (Å²) in [6.07, 6.45) is 17.9. The van der Waals surface area contributed by atoms with Gasteiger partial charge in [-0.15, -0.1) is 0 Å². The standard InChI is InChI=1S/C36H52N2O2S.BrH/c1-6-7-8-9-10-11-12-13-14-15-16-17-24-40-34-27-31(36(3,4)5)21-22-33(34)35(39)37-32-20-18-19-30(26-32)28-38-23-25-41-29(38)2;/h18-23,25-27H,6-17,24,28H2,1-5H3;1H. The van der Waals surface area contributed by atoms with Crippen LogP contribution in [0.3, 0.4) is 0 Å². The summed E-state index contributed by atoms with van der Waals surface area (Å²) >= 11 is 1.74. The van der Waals surface area contributed by atoms with Crippen LogP contribution in [0.4, 0.5) is 5.69 Å². The number of aryl methyl sites for hydroxylation is 1. The number of carbonyl (C=O) groups excluding carboxylic acids is 1. The Labute approximate surface area is 270 Å². The first kappa shape index (κ1) is 36.0. The second-order valence-corrected chi connectivity index (χ2v) is 13.5. The van der Waals surface area contributed by atoms with Gasteiger partial charge in [-0.2, -0.15) is 4.57 Å². The fourth-order valence-corrected chi connectivity index (χ4v) is 5.77. The van der Waals surface area contributed by atoms with Gasteiger partial charge in [0.15, 0.2) is 12.7 Å². The number of benzene rings is 2. The van der Waals surface area contributed by atoms with Gasteiger partial charge in [0.25, 0.3) is 5.91 Å². The molecule has 0 fully saturated rings. The van der Waals surface area contributed by atoms with Crippen molar-refractivity contribution >= 4 is 22.9 Å². The molecule has 1 heterocycles. The molecule has 0 saturated carbocycles. The smallest absolute Gasteiger partial charge is 0.259 e. The van der Waals surface area contributed by atoms with Crippen LogP contribution in [0.2, 0.25) is 0 Å². The van der Waals surface area contributed by atoms with Crippen LogP contribution in [0.15, 0.2) is 54.0 Å². The number of hydrogen-bond donors (Lipinski definition) is 1. The summed E-state index contributed by atoms with van der Waals surface area (Å²) < 4.78 is 8.49. The minimum absolute atomic E-state index is 0. The zero-order valence-corrected chi connectivity index (χ0v) is 29.0. The molecule has 0 aliphatic carbocycles. The number of rotatable bonds is 18. The summed E-state index contributed by atoms with van der Waals surface area (Å²) in [6, 6.07) is 14.1. The highest BCUT2D eigenvalue weighted by Gasteiger charge is 2.20. The van der Waals surface area contributed by atoms with Crippen molar-refractivity contribution in [2.45, 2.75) is 124 Å². The lowest BCUT2D eigenvalue weighted by molar-refractivity contribution is -0.689. The number of thiazole rings is 1. The van der Waals surface area contributed by atoms with Gasteiger partial charge < -0.3 is 27.0 Å². The number of anilines is 1. The zero-order valence-electron chi connectivity index (χ0n) is 26.6. The Morgan fingerprint density at radius 2 is 1.52 bits per heavy atom. The largest absolute Gasteiger partial charge is 1.00 e. The monoisotopic (exact) mass is 656 g/mol. The van der Waals surface area contributed by atoms with Crippen molar-refractivity contribution in [3.8, 4) is 5.75 Å². The van der Waals surface area contributed by atoms with E-state index >= 15 is 0 Å². The van der Waals surface area contributed by atoms with E-state index in [1.54, 1.807) is 11.3 Å². The van der Waals surface area contributed by atoms with E-state index in [9.17, 15) is 4.79 Å². The number of halogens is 1. The number of amides is 1. The summed E-state index contributed by atoms with van der Waals surface area (Å²) in [5.41, 5.74) is 3.69. The van der Waals surface area contributed by atoms with E-state index < -0.39 is 0 Å². The number of carbonyl (C=O) groups is 1.